The van der Waals surface area contributed by atoms with E-state index in [1.165, 1.54) is 5.56 Å². The monoisotopic (exact) mass is 485 g/mol. The van der Waals surface area contributed by atoms with Crippen LogP contribution >= 0.6 is 12.2 Å². The van der Waals surface area contributed by atoms with E-state index >= 15 is 0 Å². The number of nitrogens with zero attached hydrogens (tertiary/aromatic N) is 1. The number of thiocarbonyl (C=S) groups is 1. The molecule has 1 aromatic carbocycles. The molecule has 1 saturated heterocycles. The summed E-state index contributed by atoms with van der Waals surface area (Å²) in [6.07, 6.45) is 6.66. The van der Waals surface area contributed by atoms with Crippen LogP contribution in [0.15, 0.2) is 34.7 Å². The smallest absolute Gasteiger partial charge is 0.166 e. The van der Waals surface area contributed by atoms with E-state index in [-0.39, 0.29) is 5.41 Å². The molecule has 2 aromatic rings. The molecule has 1 aliphatic heterocycles. The Bertz CT molecular complexity index is 978. The lowest BCUT2D eigenvalue weighted by Gasteiger charge is -2.45. The number of nitrogens with one attached hydrogen (secondary N) is 2. The molecule has 2 N–H and O–H groups in total. The molecule has 0 amide bonds. The zero-order valence-electron chi connectivity index (χ0n) is 21.0. The highest BCUT2D eigenvalue weighted by molar-refractivity contribution is 7.80. The van der Waals surface area contributed by atoms with E-state index in [1.807, 2.05) is 6.92 Å². The van der Waals surface area contributed by atoms with Crippen molar-refractivity contribution in [3.05, 3.63) is 47.4 Å². The largest absolute Gasteiger partial charge is 0.493 e. The van der Waals surface area contributed by atoms with Gasteiger partial charge in [0, 0.05) is 24.0 Å². The van der Waals surface area contributed by atoms with Crippen LogP contribution in [0, 0.1) is 6.92 Å². The van der Waals surface area contributed by atoms with E-state index in [1.54, 1.807) is 14.2 Å². The summed E-state index contributed by atoms with van der Waals surface area (Å²) >= 11 is 5.61. The third-order valence-corrected chi connectivity index (χ3v) is 7.90. The fourth-order valence-electron chi connectivity index (χ4n) is 5.83. The molecule has 0 bridgehead atoms. The van der Waals surface area contributed by atoms with Crippen LogP contribution in [0.1, 0.15) is 62.5 Å². The molecule has 7 heteroatoms. The summed E-state index contributed by atoms with van der Waals surface area (Å²) in [6, 6.07) is 11.4. The SMILES string of the molecule is CCCCNC(=S)N[C@@H]1CC[C@@]2(c3ccc(OC)c(OC)c3)CCN(Cc3ccc(C)o3)[C@H]2C1. The van der Waals surface area contributed by atoms with Crippen LogP contribution in [-0.2, 0) is 12.0 Å². The van der Waals surface area contributed by atoms with Gasteiger partial charge in [-0.05, 0) is 87.6 Å². The van der Waals surface area contributed by atoms with Gasteiger partial charge < -0.3 is 24.5 Å². The predicted octanol–water partition coefficient (Wildman–Crippen LogP) is 4.93. The van der Waals surface area contributed by atoms with E-state index in [0.29, 0.717) is 12.1 Å². The first kappa shape index (κ1) is 24.9. The van der Waals surface area contributed by atoms with Gasteiger partial charge in [0.2, 0.25) is 0 Å². The number of rotatable bonds is 9. The molecule has 2 fully saturated rings. The first-order chi connectivity index (χ1) is 16.5. The Hall–Kier alpha value is -2.25. The Morgan fingerprint density at radius 1 is 1.18 bits per heavy atom. The molecule has 2 aliphatic rings. The predicted molar refractivity (Wildman–Crippen MR) is 140 cm³/mol. The number of unbranched alkanes of at least 4 members (excludes halogenated alkanes) is 1. The lowest BCUT2D eigenvalue weighted by molar-refractivity contribution is 0.127. The van der Waals surface area contributed by atoms with Gasteiger partial charge in [0.05, 0.1) is 20.8 Å². The molecule has 2 heterocycles. The number of methoxy groups -OCH3 is 2. The van der Waals surface area contributed by atoms with E-state index in [4.69, 9.17) is 26.1 Å². The first-order valence-corrected chi connectivity index (χ1v) is 13.0. The summed E-state index contributed by atoms with van der Waals surface area (Å²) < 4.78 is 17.1. The van der Waals surface area contributed by atoms with Crippen LogP contribution in [0.5, 0.6) is 11.5 Å². The molecule has 34 heavy (non-hydrogen) atoms. The van der Waals surface area contributed by atoms with Crippen LogP contribution < -0.4 is 20.1 Å². The van der Waals surface area contributed by atoms with Crippen LogP contribution in [0.4, 0.5) is 0 Å². The number of aryl methyl sites for hydroxylation is 1. The van der Waals surface area contributed by atoms with Gasteiger partial charge in [0.25, 0.3) is 0 Å². The Labute approximate surface area is 209 Å². The van der Waals surface area contributed by atoms with Crippen molar-refractivity contribution in [2.24, 2.45) is 0 Å². The Balaban J connectivity index is 1.57. The van der Waals surface area contributed by atoms with Gasteiger partial charge in [-0.15, -0.1) is 0 Å². The summed E-state index contributed by atoms with van der Waals surface area (Å²) in [4.78, 5) is 2.61. The molecular formula is C27H39N3O3S. The summed E-state index contributed by atoms with van der Waals surface area (Å²) in [5, 5.41) is 7.77. The summed E-state index contributed by atoms with van der Waals surface area (Å²) in [6.45, 7) is 7.01. The lowest BCUT2D eigenvalue weighted by Crippen LogP contribution is -2.53. The zero-order chi connectivity index (χ0) is 24.1. The maximum Gasteiger partial charge on any atom is 0.166 e. The standard InChI is InChI=1S/C27H39N3O3S/c1-5-6-14-28-26(34)29-21-11-12-27(20-8-10-23(31-3)24(16-20)32-4)13-15-30(25(27)17-21)18-22-9-7-19(2)33-22/h7-10,16,21,25H,5-6,11-15,17-18H2,1-4H3,(H2,28,29,34)/t21-,25+,27+/m1/s1. The Morgan fingerprint density at radius 2 is 2.00 bits per heavy atom. The maximum absolute atomic E-state index is 5.95. The number of benzene rings is 1. The van der Waals surface area contributed by atoms with Crippen molar-refractivity contribution in [3.63, 3.8) is 0 Å². The summed E-state index contributed by atoms with van der Waals surface area (Å²) in [5.74, 6) is 3.58. The number of hydrogen-bond acceptors (Lipinski definition) is 5. The van der Waals surface area contributed by atoms with Gasteiger partial charge in [-0.3, -0.25) is 4.90 Å². The highest BCUT2D eigenvalue weighted by atomic mass is 32.1. The minimum atomic E-state index is 0.0800. The molecule has 0 spiro atoms. The fraction of sp³-hybridized carbons (Fsp3) is 0.593. The molecule has 0 radical (unpaired) electrons. The molecular weight excluding hydrogens is 446 g/mol. The first-order valence-electron chi connectivity index (χ1n) is 12.5. The lowest BCUT2D eigenvalue weighted by atomic mass is 9.65. The molecule has 1 saturated carbocycles. The number of ether oxygens (including phenoxy) is 2. The molecule has 3 atom stereocenters. The average Bonchev–Trinajstić information content (AvgIpc) is 3.42. The van der Waals surface area contributed by atoms with Gasteiger partial charge in [-0.2, -0.15) is 0 Å². The minimum Gasteiger partial charge on any atom is -0.493 e. The van der Waals surface area contributed by atoms with Gasteiger partial charge in [-0.25, -0.2) is 0 Å². The summed E-state index contributed by atoms with van der Waals surface area (Å²) in [5.41, 5.74) is 1.42. The topological polar surface area (TPSA) is 58.9 Å². The van der Waals surface area contributed by atoms with Gasteiger partial charge in [0.15, 0.2) is 16.6 Å². The van der Waals surface area contributed by atoms with Crippen molar-refractivity contribution in [1.82, 2.24) is 15.5 Å². The van der Waals surface area contributed by atoms with Gasteiger partial charge in [0.1, 0.15) is 11.5 Å². The number of fused-ring (bicyclic) bond motifs is 1. The van der Waals surface area contributed by atoms with Crippen LogP contribution in [0.3, 0.4) is 0 Å². The van der Waals surface area contributed by atoms with E-state index in [2.05, 4.69) is 52.8 Å². The average molecular weight is 486 g/mol. The number of furan rings is 1. The second kappa shape index (κ2) is 11.0. The van der Waals surface area contributed by atoms with Crippen molar-refractivity contribution in [1.29, 1.82) is 0 Å². The minimum absolute atomic E-state index is 0.0800. The molecule has 6 nitrogen and oxygen atoms in total. The quantitative estimate of drug-likeness (QED) is 0.386. The molecule has 1 aromatic heterocycles. The third kappa shape index (κ3) is 5.20. The number of likely N-dealkylation sites (tertiary alicyclic amines) is 1. The van der Waals surface area contributed by atoms with Crippen molar-refractivity contribution in [3.8, 4) is 11.5 Å². The second-order valence-corrected chi connectivity index (χ2v) is 10.1. The molecule has 4 rings (SSSR count). The van der Waals surface area contributed by atoms with Crippen LogP contribution in [-0.4, -0.2) is 49.4 Å². The normalized spacial score (nSPS) is 24.5. The highest BCUT2D eigenvalue weighted by Crippen LogP contribution is 2.50. The highest BCUT2D eigenvalue weighted by Gasteiger charge is 2.51. The number of hydrogen-bond donors (Lipinski definition) is 2. The van der Waals surface area contributed by atoms with Crippen LogP contribution in [0.25, 0.3) is 0 Å². The van der Waals surface area contributed by atoms with Gasteiger partial charge in [-0.1, -0.05) is 19.4 Å². The van der Waals surface area contributed by atoms with Crippen molar-refractivity contribution < 1.29 is 13.9 Å². The van der Waals surface area contributed by atoms with E-state index in [0.717, 1.165) is 86.3 Å². The van der Waals surface area contributed by atoms with E-state index in [9.17, 15) is 0 Å². The van der Waals surface area contributed by atoms with Crippen LogP contribution in [0.2, 0.25) is 0 Å². The van der Waals surface area contributed by atoms with Crippen molar-refractivity contribution in [2.75, 3.05) is 27.3 Å². The Morgan fingerprint density at radius 3 is 2.71 bits per heavy atom. The van der Waals surface area contributed by atoms with Gasteiger partial charge >= 0.3 is 0 Å². The second-order valence-electron chi connectivity index (χ2n) is 9.70. The van der Waals surface area contributed by atoms with E-state index < -0.39 is 0 Å². The zero-order valence-corrected chi connectivity index (χ0v) is 21.8. The van der Waals surface area contributed by atoms with Crippen molar-refractivity contribution in [2.45, 2.75) is 76.4 Å². The Kier molecular flexibility index (Phi) is 8.04. The molecule has 0 unspecified atom stereocenters. The summed E-state index contributed by atoms with van der Waals surface area (Å²) in [7, 11) is 3.40. The maximum atomic E-state index is 5.95. The third-order valence-electron chi connectivity index (χ3n) is 7.63. The fourth-order valence-corrected chi connectivity index (χ4v) is 6.10. The van der Waals surface area contributed by atoms with Crippen molar-refractivity contribution >= 4 is 17.3 Å². The molecule has 1 aliphatic carbocycles. The molecule has 186 valence electrons.